The summed E-state index contributed by atoms with van der Waals surface area (Å²) < 4.78 is 15.8. The first-order valence-corrected chi connectivity index (χ1v) is 7.72. The van der Waals surface area contributed by atoms with E-state index in [4.69, 9.17) is 5.26 Å². The number of alkyl halides is 1. The Kier molecular flexibility index (Phi) is 3.05. The number of hydrogen-bond donors (Lipinski definition) is 0. The van der Waals surface area contributed by atoms with Gasteiger partial charge in [-0.2, -0.15) is 5.26 Å². The number of carbonyl (C=O) groups is 1. The summed E-state index contributed by atoms with van der Waals surface area (Å²) in [5.74, 6) is 0.0472. The standard InChI is InChI=1S/C17H15FN4O/c18-12-10-13(11-4-2-1-3-5-11)22-16(12)20-15(21-22)14(23)17(6-7-17)8-9-19/h1-5,12-13H,6-8,10H2. The maximum atomic E-state index is 14.3. The van der Waals surface area contributed by atoms with Crippen LogP contribution in [0, 0.1) is 16.7 Å². The molecule has 1 aromatic heterocycles. The van der Waals surface area contributed by atoms with Crippen molar-refractivity contribution >= 4 is 5.78 Å². The fraction of sp³-hybridized carbons (Fsp3) is 0.412. The third kappa shape index (κ3) is 2.15. The van der Waals surface area contributed by atoms with Crippen LogP contribution in [-0.4, -0.2) is 20.5 Å². The fourth-order valence-corrected chi connectivity index (χ4v) is 3.25. The predicted molar refractivity (Wildman–Crippen MR) is 79.3 cm³/mol. The zero-order valence-corrected chi connectivity index (χ0v) is 12.4. The van der Waals surface area contributed by atoms with Crippen molar-refractivity contribution in [2.45, 2.75) is 37.9 Å². The van der Waals surface area contributed by atoms with Gasteiger partial charge in [0.05, 0.1) is 17.5 Å². The van der Waals surface area contributed by atoms with E-state index < -0.39 is 11.6 Å². The Hall–Kier alpha value is -2.55. The van der Waals surface area contributed by atoms with Crippen LogP contribution in [-0.2, 0) is 0 Å². The molecule has 2 aliphatic rings. The lowest BCUT2D eigenvalue weighted by atomic mass is 9.97. The summed E-state index contributed by atoms with van der Waals surface area (Å²) >= 11 is 0. The zero-order valence-electron chi connectivity index (χ0n) is 12.4. The van der Waals surface area contributed by atoms with E-state index in [1.54, 1.807) is 0 Å². The number of nitrogens with zero attached hydrogens (tertiary/aromatic N) is 4. The first-order chi connectivity index (χ1) is 11.1. The summed E-state index contributed by atoms with van der Waals surface area (Å²) in [7, 11) is 0. The van der Waals surface area contributed by atoms with E-state index >= 15 is 0 Å². The lowest BCUT2D eigenvalue weighted by Crippen LogP contribution is -2.18. The molecule has 116 valence electrons. The Bertz CT molecular complexity index is 804. The molecule has 0 amide bonds. The number of ketones is 1. The van der Waals surface area contributed by atoms with E-state index in [0.717, 1.165) is 5.56 Å². The fourth-order valence-electron chi connectivity index (χ4n) is 3.25. The molecule has 0 saturated heterocycles. The zero-order chi connectivity index (χ0) is 16.0. The van der Waals surface area contributed by atoms with Crippen LogP contribution >= 0.6 is 0 Å². The number of halogens is 1. The first kappa shape index (κ1) is 14.1. The van der Waals surface area contributed by atoms with Crippen LogP contribution in [0.15, 0.2) is 30.3 Å². The molecule has 5 nitrogen and oxygen atoms in total. The highest BCUT2D eigenvalue weighted by Crippen LogP contribution is 2.51. The first-order valence-electron chi connectivity index (χ1n) is 7.72. The minimum absolute atomic E-state index is 0.0519. The van der Waals surface area contributed by atoms with E-state index in [1.807, 2.05) is 30.3 Å². The van der Waals surface area contributed by atoms with Gasteiger partial charge in [-0.3, -0.25) is 4.79 Å². The number of hydrogen-bond acceptors (Lipinski definition) is 4. The SMILES string of the molecule is N#CCC1(C(=O)c2nc3n(n2)C(c2ccccc2)CC3F)CC1. The number of carbonyl (C=O) groups excluding carboxylic acids is 1. The summed E-state index contributed by atoms with van der Waals surface area (Å²) in [5.41, 5.74) is 0.321. The quantitative estimate of drug-likeness (QED) is 0.813. The molecular formula is C17H15FN4O. The van der Waals surface area contributed by atoms with Crippen LogP contribution in [0.25, 0.3) is 0 Å². The van der Waals surface area contributed by atoms with Gasteiger partial charge in [0, 0.05) is 12.8 Å². The van der Waals surface area contributed by atoms with Crippen molar-refractivity contribution in [3.8, 4) is 6.07 Å². The second-order valence-corrected chi connectivity index (χ2v) is 6.31. The lowest BCUT2D eigenvalue weighted by molar-refractivity contribution is 0.0891. The third-order valence-corrected chi connectivity index (χ3v) is 4.80. The van der Waals surface area contributed by atoms with Gasteiger partial charge in [-0.25, -0.2) is 14.1 Å². The van der Waals surface area contributed by atoms with Crippen LogP contribution in [0.4, 0.5) is 4.39 Å². The van der Waals surface area contributed by atoms with Crippen molar-refractivity contribution in [3.05, 3.63) is 47.5 Å². The van der Waals surface area contributed by atoms with Crippen LogP contribution < -0.4 is 0 Å². The van der Waals surface area contributed by atoms with Gasteiger partial charge in [0.2, 0.25) is 11.6 Å². The number of benzene rings is 1. The molecule has 6 heteroatoms. The largest absolute Gasteiger partial charge is 0.290 e. The van der Waals surface area contributed by atoms with Crippen LogP contribution in [0.2, 0.25) is 0 Å². The molecule has 2 atom stereocenters. The number of fused-ring (bicyclic) bond motifs is 1. The van der Waals surface area contributed by atoms with Gasteiger partial charge in [-0.05, 0) is 18.4 Å². The summed E-state index contributed by atoms with van der Waals surface area (Å²) in [5, 5.41) is 13.2. The van der Waals surface area contributed by atoms with Gasteiger partial charge in [0.25, 0.3) is 0 Å². The molecule has 0 radical (unpaired) electrons. The Morgan fingerprint density at radius 3 is 2.78 bits per heavy atom. The normalized spacial score (nSPS) is 24.0. The highest BCUT2D eigenvalue weighted by atomic mass is 19.1. The van der Waals surface area contributed by atoms with Gasteiger partial charge >= 0.3 is 0 Å². The van der Waals surface area contributed by atoms with Gasteiger partial charge in [0.1, 0.15) is 0 Å². The third-order valence-electron chi connectivity index (χ3n) is 4.80. The Balaban J connectivity index is 1.69. The topological polar surface area (TPSA) is 71.6 Å². The predicted octanol–water partition coefficient (Wildman–Crippen LogP) is 3.16. The number of Topliss-reactive ketones (excluding diaryl/α,β-unsaturated/α-hetero) is 1. The average Bonchev–Trinajstić information content (AvgIpc) is 3.11. The molecule has 1 aliphatic heterocycles. The molecule has 1 fully saturated rings. The smallest absolute Gasteiger partial charge is 0.218 e. The van der Waals surface area contributed by atoms with Crippen molar-refractivity contribution in [1.29, 1.82) is 5.26 Å². The molecule has 4 rings (SSSR count). The monoisotopic (exact) mass is 310 g/mol. The molecule has 0 spiro atoms. The molecule has 2 unspecified atom stereocenters. The van der Waals surface area contributed by atoms with Crippen molar-refractivity contribution < 1.29 is 9.18 Å². The number of rotatable bonds is 4. The molecule has 1 saturated carbocycles. The maximum Gasteiger partial charge on any atom is 0.218 e. The molecular weight excluding hydrogens is 295 g/mol. The summed E-state index contributed by atoms with van der Waals surface area (Å²) in [6.45, 7) is 0. The van der Waals surface area contributed by atoms with E-state index in [2.05, 4.69) is 16.2 Å². The molecule has 23 heavy (non-hydrogen) atoms. The van der Waals surface area contributed by atoms with E-state index in [1.165, 1.54) is 4.68 Å². The highest BCUT2D eigenvalue weighted by molar-refractivity contribution is 5.99. The van der Waals surface area contributed by atoms with Crippen molar-refractivity contribution in [1.82, 2.24) is 14.8 Å². The minimum atomic E-state index is -1.22. The average molecular weight is 310 g/mol. The van der Waals surface area contributed by atoms with Crippen LogP contribution in [0.3, 0.4) is 0 Å². The van der Waals surface area contributed by atoms with Crippen molar-refractivity contribution in [2.75, 3.05) is 0 Å². The molecule has 0 N–H and O–H groups in total. The minimum Gasteiger partial charge on any atom is -0.290 e. The Morgan fingerprint density at radius 1 is 1.39 bits per heavy atom. The second kappa shape index (κ2) is 4.98. The molecule has 2 heterocycles. The van der Waals surface area contributed by atoms with E-state index in [9.17, 15) is 9.18 Å². The summed E-state index contributed by atoms with van der Waals surface area (Å²) in [6, 6.07) is 11.4. The van der Waals surface area contributed by atoms with Crippen LogP contribution in [0.1, 0.15) is 59.9 Å². The highest BCUT2D eigenvalue weighted by Gasteiger charge is 2.52. The summed E-state index contributed by atoms with van der Waals surface area (Å²) in [4.78, 5) is 16.7. The number of nitriles is 1. The number of aromatic nitrogens is 3. The lowest BCUT2D eigenvalue weighted by Gasteiger charge is -2.11. The van der Waals surface area contributed by atoms with Gasteiger partial charge in [-0.1, -0.05) is 30.3 Å². The van der Waals surface area contributed by atoms with E-state index in [-0.39, 0.29) is 36.3 Å². The Labute approximate surface area is 132 Å². The maximum absolute atomic E-state index is 14.3. The molecule has 1 aromatic carbocycles. The summed E-state index contributed by atoms with van der Waals surface area (Å²) in [6.07, 6.45) is 0.614. The van der Waals surface area contributed by atoms with Gasteiger partial charge in [-0.15, -0.1) is 5.10 Å². The van der Waals surface area contributed by atoms with Crippen molar-refractivity contribution in [2.24, 2.45) is 5.41 Å². The molecule has 1 aliphatic carbocycles. The van der Waals surface area contributed by atoms with E-state index in [0.29, 0.717) is 12.8 Å². The van der Waals surface area contributed by atoms with Gasteiger partial charge in [0.15, 0.2) is 12.0 Å². The molecule has 2 aromatic rings. The van der Waals surface area contributed by atoms with Crippen molar-refractivity contribution in [3.63, 3.8) is 0 Å². The van der Waals surface area contributed by atoms with Crippen LogP contribution in [0.5, 0.6) is 0 Å². The van der Waals surface area contributed by atoms with Gasteiger partial charge < -0.3 is 0 Å². The molecule has 0 bridgehead atoms. The Morgan fingerprint density at radius 2 is 2.13 bits per heavy atom. The second-order valence-electron chi connectivity index (χ2n) is 6.31.